The van der Waals surface area contributed by atoms with Crippen LogP contribution in [0.3, 0.4) is 0 Å². The van der Waals surface area contributed by atoms with Crippen molar-refractivity contribution in [1.29, 1.82) is 0 Å². The number of hydrogen-bond acceptors (Lipinski definition) is 4. The van der Waals surface area contributed by atoms with Crippen LogP contribution in [0.1, 0.15) is 93.1 Å². The summed E-state index contributed by atoms with van der Waals surface area (Å²) in [4.78, 5) is 14.0. The summed E-state index contributed by atoms with van der Waals surface area (Å²) in [6.07, 6.45) is 19.3. The smallest absolute Gasteiger partial charge is 0.241 e. The van der Waals surface area contributed by atoms with E-state index in [1.807, 2.05) is 90.1 Å². The molecule has 1 amide bonds. The molecule has 48 heavy (non-hydrogen) atoms. The lowest BCUT2D eigenvalue weighted by Crippen LogP contribution is -2.47. The highest BCUT2D eigenvalue weighted by molar-refractivity contribution is 5.80. The Morgan fingerprint density at radius 3 is 2.17 bits per heavy atom. The van der Waals surface area contributed by atoms with Crippen molar-refractivity contribution in [2.45, 2.75) is 93.5 Å². The van der Waals surface area contributed by atoms with Crippen molar-refractivity contribution >= 4 is 11.6 Å². The normalized spacial score (nSPS) is 11.5. The molecular weight excluding hydrogens is 597 g/mol. The van der Waals surface area contributed by atoms with Crippen molar-refractivity contribution in [3.63, 3.8) is 0 Å². The zero-order chi connectivity index (χ0) is 36.9. The predicted octanol–water partition coefficient (Wildman–Crippen LogP) is 10.8. The standard InChI is InChI=1S/C22H28FN3O.C13H20O.C5H8.C2H6/c1-8-15(5)16(6)22(26(14(3)4)21(27)13-24)17(7)25-20-11-10-18(9-2)12-19(20)23;1-2-3-4-5-9-12-14-13-10-7-6-8-11-13;1-3-5-4-2;1-2/h2,8,10-12,16,22,25H,3,7,13,24H2,1,4-6H3;6-8,10-11H,2-5,9,12H2,1H3;3-5H,1H2,2H3;1-2H3/b15-8+;;5-4-;. The number of nitrogens with one attached hydrogen (secondary N) is 1. The molecule has 6 heteroatoms. The SMILES string of the molecule is C#Cc1ccc(NC(=C)C(C(C)/C(C)=C/C)N(C(=C)C)C(=O)CN)c(F)c1.C=C/C=C\C.CC.CCCCCCCOc1ccccc1. The number of nitrogens with zero attached hydrogens (tertiary/aromatic N) is 1. The van der Waals surface area contributed by atoms with Crippen LogP contribution < -0.4 is 15.8 Å². The maximum atomic E-state index is 14.3. The van der Waals surface area contributed by atoms with Gasteiger partial charge >= 0.3 is 0 Å². The van der Waals surface area contributed by atoms with Gasteiger partial charge in [-0.3, -0.25) is 4.79 Å². The van der Waals surface area contributed by atoms with Crippen LogP contribution >= 0.6 is 0 Å². The van der Waals surface area contributed by atoms with E-state index in [2.05, 4.69) is 37.9 Å². The van der Waals surface area contributed by atoms with Crippen molar-refractivity contribution in [1.82, 2.24) is 4.90 Å². The van der Waals surface area contributed by atoms with Gasteiger partial charge in [0, 0.05) is 22.9 Å². The molecular formula is C42H62FN3O2. The van der Waals surface area contributed by atoms with Crippen molar-refractivity contribution in [3.8, 4) is 18.1 Å². The first kappa shape index (κ1) is 45.8. The minimum atomic E-state index is -0.493. The third kappa shape index (κ3) is 18.7. The number of amides is 1. The number of terminal acetylenes is 1. The first-order chi connectivity index (χ1) is 23.0. The minimum absolute atomic E-state index is 0.0877. The van der Waals surface area contributed by atoms with Gasteiger partial charge in [-0.25, -0.2) is 4.39 Å². The first-order valence-corrected chi connectivity index (χ1v) is 17.0. The van der Waals surface area contributed by atoms with Crippen LogP contribution in [0.25, 0.3) is 0 Å². The average Bonchev–Trinajstić information content (AvgIpc) is 3.10. The van der Waals surface area contributed by atoms with Crippen molar-refractivity contribution < 1.29 is 13.9 Å². The lowest BCUT2D eigenvalue weighted by Gasteiger charge is -2.38. The molecule has 2 aromatic carbocycles. The van der Waals surface area contributed by atoms with Gasteiger partial charge in [0.05, 0.1) is 24.9 Å². The van der Waals surface area contributed by atoms with Crippen LogP contribution in [0.4, 0.5) is 10.1 Å². The van der Waals surface area contributed by atoms with E-state index in [0.717, 1.165) is 17.9 Å². The van der Waals surface area contributed by atoms with Gasteiger partial charge in [-0.1, -0.05) is 127 Å². The second-order valence-electron chi connectivity index (χ2n) is 10.8. The first-order valence-electron chi connectivity index (χ1n) is 17.0. The number of carbonyl (C=O) groups is 1. The second kappa shape index (κ2) is 28.8. The number of halogens is 1. The molecule has 0 radical (unpaired) electrons. The molecule has 2 aromatic rings. The average molecular weight is 660 g/mol. The number of para-hydroxylation sites is 1. The summed E-state index contributed by atoms with van der Waals surface area (Å²) in [7, 11) is 0. The third-order valence-corrected chi connectivity index (χ3v) is 7.16. The number of hydrogen-bond donors (Lipinski definition) is 2. The Morgan fingerprint density at radius 1 is 1.08 bits per heavy atom. The highest BCUT2D eigenvalue weighted by atomic mass is 19.1. The lowest BCUT2D eigenvalue weighted by molar-refractivity contribution is -0.129. The monoisotopic (exact) mass is 659 g/mol. The molecule has 0 bridgehead atoms. The van der Waals surface area contributed by atoms with Gasteiger partial charge in [-0.05, 0) is 64.4 Å². The van der Waals surface area contributed by atoms with Gasteiger partial charge in [-0.15, -0.1) is 6.42 Å². The van der Waals surface area contributed by atoms with Crippen molar-refractivity contribution in [2.75, 3.05) is 18.5 Å². The second-order valence-corrected chi connectivity index (χ2v) is 10.8. The van der Waals surface area contributed by atoms with Gasteiger partial charge in [0.15, 0.2) is 0 Å². The molecule has 264 valence electrons. The Bertz CT molecular complexity index is 1310. The molecule has 2 rings (SSSR count). The molecule has 0 spiro atoms. The third-order valence-electron chi connectivity index (χ3n) is 7.16. The van der Waals surface area contributed by atoms with Crippen LogP contribution in [0.15, 0.2) is 110 Å². The maximum Gasteiger partial charge on any atom is 0.241 e. The Morgan fingerprint density at radius 2 is 1.71 bits per heavy atom. The molecule has 3 N–H and O–H groups in total. The van der Waals surface area contributed by atoms with E-state index >= 15 is 0 Å². The molecule has 0 aliphatic carbocycles. The zero-order valence-electron chi connectivity index (χ0n) is 31.0. The minimum Gasteiger partial charge on any atom is -0.494 e. The number of benzene rings is 2. The summed E-state index contributed by atoms with van der Waals surface area (Å²) in [5.74, 6) is 2.52. The van der Waals surface area contributed by atoms with Gasteiger partial charge in [0.2, 0.25) is 5.91 Å². The number of nitrogens with two attached hydrogens (primary N) is 1. The highest BCUT2D eigenvalue weighted by Gasteiger charge is 2.32. The van der Waals surface area contributed by atoms with Gasteiger partial charge in [-0.2, -0.15) is 0 Å². The Labute approximate surface area is 292 Å². The fourth-order valence-electron chi connectivity index (χ4n) is 4.40. The van der Waals surface area contributed by atoms with Crippen LogP contribution in [-0.4, -0.2) is 30.0 Å². The molecule has 0 aliphatic heterocycles. The largest absolute Gasteiger partial charge is 0.494 e. The molecule has 0 aromatic heterocycles. The quantitative estimate of drug-likeness (QED) is 0.0814. The summed E-state index contributed by atoms with van der Waals surface area (Å²) in [5, 5.41) is 2.99. The molecule has 2 unspecified atom stereocenters. The number of anilines is 1. The van der Waals surface area contributed by atoms with Crippen LogP contribution in [0, 0.1) is 24.1 Å². The predicted molar refractivity (Wildman–Crippen MR) is 207 cm³/mol. The highest BCUT2D eigenvalue weighted by Crippen LogP contribution is 2.29. The van der Waals surface area contributed by atoms with Crippen molar-refractivity contribution in [3.05, 3.63) is 121 Å². The molecule has 0 saturated carbocycles. The fourth-order valence-corrected chi connectivity index (χ4v) is 4.40. The lowest BCUT2D eigenvalue weighted by atomic mass is 9.90. The molecule has 0 heterocycles. The number of allylic oxidation sites excluding steroid dienone is 5. The van der Waals surface area contributed by atoms with Gasteiger partial charge in [0.1, 0.15) is 11.6 Å². The van der Waals surface area contributed by atoms with Crippen LogP contribution in [0.2, 0.25) is 0 Å². The summed E-state index contributed by atoms with van der Waals surface area (Å²) in [5.41, 5.74) is 8.32. The molecule has 0 saturated heterocycles. The Kier molecular flexibility index (Phi) is 27.5. The molecule has 5 nitrogen and oxygen atoms in total. The summed E-state index contributed by atoms with van der Waals surface area (Å²) in [6, 6.07) is 14.0. The van der Waals surface area contributed by atoms with Crippen LogP contribution in [0.5, 0.6) is 5.75 Å². The van der Waals surface area contributed by atoms with E-state index in [1.165, 1.54) is 43.1 Å². The maximum absolute atomic E-state index is 14.3. The molecule has 0 aliphatic rings. The summed E-state index contributed by atoms with van der Waals surface area (Å²) >= 11 is 0. The number of ether oxygens (including phenoxy) is 1. The van der Waals surface area contributed by atoms with E-state index < -0.39 is 11.9 Å². The van der Waals surface area contributed by atoms with Gasteiger partial charge in [0.25, 0.3) is 0 Å². The number of carbonyl (C=O) groups excluding carboxylic acids is 1. The summed E-state index contributed by atoms with van der Waals surface area (Å²) in [6.45, 7) is 27.9. The topological polar surface area (TPSA) is 67.6 Å². The number of unbranched alkanes of at least 4 members (excludes halogenated alkanes) is 4. The van der Waals surface area contributed by atoms with Gasteiger partial charge < -0.3 is 20.7 Å². The summed E-state index contributed by atoms with van der Waals surface area (Å²) < 4.78 is 19.9. The van der Waals surface area contributed by atoms with E-state index in [0.29, 0.717) is 17.0 Å². The Hall–Kier alpha value is -4.34. The van der Waals surface area contributed by atoms with Crippen LogP contribution in [-0.2, 0) is 4.79 Å². The van der Waals surface area contributed by atoms with E-state index in [1.54, 1.807) is 25.1 Å². The van der Waals surface area contributed by atoms with Crippen molar-refractivity contribution in [2.24, 2.45) is 11.7 Å². The Balaban J connectivity index is 0. The molecule has 2 atom stereocenters. The zero-order valence-corrected chi connectivity index (χ0v) is 31.0. The molecule has 0 fully saturated rings. The fraction of sp³-hybridized carbons (Fsp3) is 0.405. The van der Waals surface area contributed by atoms with E-state index in [-0.39, 0.29) is 24.1 Å². The number of rotatable bonds is 16. The van der Waals surface area contributed by atoms with E-state index in [4.69, 9.17) is 16.9 Å². The van der Waals surface area contributed by atoms with E-state index in [9.17, 15) is 9.18 Å².